The van der Waals surface area contributed by atoms with Crippen molar-refractivity contribution < 1.29 is 9.53 Å². The fraction of sp³-hybridized carbons (Fsp3) is 0.933. The second kappa shape index (κ2) is 5.80. The van der Waals surface area contributed by atoms with E-state index < -0.39 is 0 Å². The van der Waals surface area contributed by atoms with E-state index in [0.29, 0.717) is 18.4 Å². The van der Waals surface area contributed by atoms with E-state index in [1.165, 1.54) is 0 Å². The number of carbonyl (C=O) groups is 1. The lowest BCUT2D eigenvalue weighted by Gasteiger charge is -2.47. The van der Waals surface area contributed by atoms with Crippen molar-refractivity contribution in [2.24, 2.45) is 23.0 Å². The number of nitrogens with two attached hydrogens (primary N) is 1. The molecule has 1 saturated heterocycles. The third-order valence-electron chi connectivity index (χ3n) is 5.33. The molecular weight excluding hydrogens is 240 g/mol. The average Bonchev–Trinajstić information content (AvgIpc) is 2.64. The zero-order valence-corrected chi connectivity index (χ0v) is 12.5. The van der Waals surface area contributed by atoms with E-state index in [1.54, 1.807) is 0 Å². The molecule has 110 valence electrons. The third kappa shape index (κ3) is 2.95. The summed E-state index contributed by atoms with van der Waals surface area (Å²) >= 11 is 0. The number of rotatable bonds is 1. The molecule has 19 heavy (non-hydrogen) atoms. The molecule has 3 atom stereocenters. The van der Waals surface area contributed by atoms with Gasteiger partial charge in [-0.1, -0.05) is 20.8 Å². The molecule has 0 bridgehead atoms. The zero-order valence-electron chi connectivity index (χ0n) is 12.5. The number of hydrogen-bond donors (Lipinski definition) is 1. The summed E-state index contributed by atoms with van der Waals surface area (Å²) in [5, 5.41) is 0. The number of hydrogen-bond acceptors (Lipinski definition) is 3. The Morgan fingerprint density at radius 3 is 2.74 bits per heavy atom. The predicted octanol–water partition coefficient (Wildman–Crippen LogP) is 1.63. The molecule has 2 N–H and O–H groups in total. The second-order valence-corrected chi connectivity index (χ2v) is 6.70. The van der Waals surface area contributed by atoms with Crippen LogP contribution in [0, 0.1) is 17.3 Å². The van der Waals surface area contributed by atoms with Gasteiger partial charge in [0.05, 0.1) is 6.61 Å². The molecule has 1 aliphatic carbocycles. The van der Waals surface area contributed by atoms with Crippen LogP contribution in [0.25, 0.3) is 0 Å². The van der Waals surface area contributed by atoms with Gasteiger partial charge in [-0.05, 0) is 30.6 Å². The lowest BCUT2D eigenvalue weighted by atomic mass is 9.60. The molecule has 2 rings (SSSR count). The fourth-order valence-corrected chi connectivity index (χ4v) is 3.48. The highest BCUT2D eigenvalue weighted by atomic mass is 16.5. The van der Waals surface area contributed by atoms with Crippen LogP contribution in [0.15, 0.2) is 0 Å². The number of carbonyl (C=O) groups excluding carboxylic acids is 1. The van der Waals surface area contributed by atoms with Crippen LogP contribution in [0.1, 0.15) is 40.0 Å². The SMILES string of the molecule is CC1C(N)CCC(C(=O)N2CCCOCC2)C1(C)C. The number of amides is 1. The molecule has 0 spiro atoms. The number of ether oxygens (including phenoxy) is 1. The van der Waals surface area contributed by atoms with Crippen LogP contribution in [0.3, 0.4) is 0 Å². The van der Waals surface area contributed by atoms with Crippen molar-refractivity contribution in [1.82, 2.24) is 4.90 Å². The van der Waals surface area contributed by atoms with Crippen LogP contribution in [-0.2, 0) is 9.53 Å². The van der Waals surface area contributed by atoms with Gasteiger partial charge in [-0.25, -0.2) is 0 Å². The van der Waals surface area contributed by atoms with Crippen LogP contribution >= 0.6 is 0 Å². The Balaban J connectivity index is 2.09. The van der Waals surface area contributed by atoms with Crippen molar-refractivity contribution in [2.75, 3.05) is 26.3 Å². The van der Waals surface area contributed by atoms with Crippen molar-refractivity contribution in [2.45, 2.75) is 46.1 Å². The Hall–Kier alpha value is -0.610. The lowest BCUT2D eigenvalue weighted by Crippen LogP contribution is -2.52. The van der Waals surface area contributed by atoms with Crippen LogP contribution in [0.2, 0.25) is 0 Å². The van der Waals surface area contributed by atoms with E-state index in [9.17, 15) is 4.79 Å². The van der Waals surface area contributed by atoms with Gasteiger partial charge in [0.15, 0.2) is 0 Å². The van der Waals surface area contributed by atoms with E-state index in [0.717, 1.165) is 39.0 Å². The topological polar surface area (TPSA) is 55.6 Å². The van der Waals surface area contributed by atoms with E-state index in [-0.39, 0.29) is 17.4 Å². The Kier molecular flexibility index (Phi) is 4.51. The normalized spacial score (nSPS) is 35.8. The molecule has 0 aromatic rings. The molecule has 0 radical (unpaired) electrons. The molecule has 2 fully saturated rings. The largest absolute Gasteiger partial charge is 0.380 e. The molecule has 4 heteroatoms. The summed E-state index contributed by atoms with van der Waals surface area (Å²) in [5.74, 6) is 0.813. The first kappa shape index (κ1) is 14.8. The quantitative estimate of drug-likeness (QED) is 0.786. The zero-order chi connectivity index (χ0) is 14.0. The molecular formula is C15H28N2O2. The van der Waals surface area contributed by atoms with Crippen molar-refractivity contribution in [3.63, 3.8) is 0 Å². The highest BCUT2D eigenvalue weighted by molar-refractivity contribution is 5.80. The Bertz CT molecular complexity index is 322. The lowest BCUT2D eigenvalue weighted by molar-refractivity contribution is -0.143. The Morgan fingerprint density at radius 2 is 2.00 bits per heavy atom. The smallest absolute Gasteiger partial charge is 0.226 e. The van der Waals surface area contributed by atoms with E-state index >= 15 is 0 Å². The summed E-state index contributed by atoms with van der Waals surface area (Å²) < 4.78 is 5.44. The second-order valence-electron chi connectivity index (χ2n) is 6.70. The van der Waals surface area contributed by atoms with Gasteiger partial charge in [0.2, 0.25) is 5.91 Å². The van der Waals surface area contributed by atoms with Crippen LogP contribution in [0.4, 0.5) is 0 Å². The first-order chi connectivity index (χ1) is 8.94. The van der Waals surface area contributed by atoms with Crippen molar-refractivity contribution >= 4 is 5.91 Å². The molecule has 0 aromatic heterocycles. The van der Waals surface area contributed by atoms with Crippen molar-refractivity contribution in [3.8, 4) is 0 Å². The van der Waals surface area contributed by atoms with Gasteiger partial charge in [0.1, 0.15) is 0 Å². The number of nitrogens with zero attached hydrogens (tertiary/aromatic N) is 1. The van der Waals surface area contributed by atoms with Crippen molar-refractivity contribution in [3.05, 3.63) is 0 Å². The first-order valence-electron chi connectivity index (χ1n) is 7.56. The fourth-order valence-electron chi connectivity index (χ4n) is 3.48. The summed E-state index contributed by atoms with van der Waals surface area (Å²) in [7, 11) is 0. The van der Waals surface area contributed by atoms with Crippen molar-refractivity contribution in [1.29, 1.82) is 0 Å². The maximum Gasteiger partial charge on any atom is 0.226 e. The van der Waals surface area contributed by atoms with Gasteiger partial charge in [-0.2, -0.15) is 0 Å². The molecule has 1 heterocycles. The van der Waals surface area contributed by atoms with Crippen LogP contribution in [-0.4, -0.2) is 43.2 Å². The predicted molar refractivity (Wildman–Crippen MR) is 75.7 cm³/mol. The Labute approximate surface area is 116 Å². The highest BCUT2D eigenvalue weighted by Gasteiger charge is 2.46. The standard InChI is InChI=1S/C15H28N2O2/c1-11-13(16)6-5-12(15(11,2)3)14(18)17-7-4-9-19-10-8-17/h11-13H,4-10,16H2,1-3H3. The minimum absolute atomic E-state index is 0.0120. The monoisotopic (exact) mass is 268 g/mol. The van der Waals surface area contributed by atoms with Crippen LogP contribution < -0.4 is 5.73 Å². The van der Waals surface area contributed by atoms with Gasteiger partial charge in [-0.3, -0.25) is 4.79 Å². The summed E-state index contributed by atoms with van der Waals surface area (Å²) in [6.45, 7) is 9.63. The molecule has 0 aromatic carbocycles. The minimum atomic E-state index is -0.0120. The first-order valence-corrected chi connectivity index (χ1v) is 7.56. The van der Waals surface area contributed by atoms with E-state index in [4.69, 9.17) is 10.5 Å². The summed E-state index contributed by atoms with van der Waals surface area (Å²) in [5.41, 5.74) is 6.16. The van der Waals surface area contributed by atoms with Gasteiger partial charge in [-0.15, -0.1) is 0 Å². The maximum absolute atomic E-state index is 12.8. The molecule has 2 aliphatic rings. The molecule has 1 saturated carbocycles. The molecule has 4 nitrogen and oxygen atoms in total. The Morgan fingerprint density at radius 1 is 1.26 bits per heavy atom. The molecule has 3 unspecified atom stereocenters. The third-order valence-corrected chi connectivity index (χ3v) is 5.33. The van der Waals surface area contributed by atoms with Crippen LogP contribution in [0.5, 0.6) is 0 Å². The van der Waals surface area contributed by atoms with Gasteiger partial charge >= 0.3 is 0 Å². The molecule has 1 amide bonds. The van der Waals surface area contributed by atoms with Gasteiger partial charge in [0.25, 0.3) is 0 Å². The minimum Gasteiger partial charge on any atom is -0.380 e. The summed E-state index contributed by atoms with van der Waals surface area (Å²) in [6, 6.07) is 0.228. The molecule has 1 aliphatic heterocycles. The van der Waals surface area contributed by atoms with E-state index in [1.807, 2.05) is 4.90 Å². The highest BCUT2D eigenvalue weighted by Crippen LogP contribution is 2.45. The van der Waals surface area contributed by atoms with E-state index in [2.05, 4.69) is 20.8 Å². The maximum atomic E-state index is 12.8. The average molecular weight is 268 g/mol. The van der Waals surface area contributed by atoms with Gasteiger partial charge < -0.3 is 15.4 Å². The summed E-state index contributed by atoms with van der Waals surface area (Å²) in [6.07, 6.45) is 2.84. The summed E-state index contributed by atoms with van der Waals surface area (Å²) in [4.78, 5) is 14.8. The van der Waals surface area contributed by atoms with Gasteiger partial charge in [0, 0.05) is 31.7 Å².